The van der Waals surface area contributed by atoms with Crippen molar-refractivity contribution in [1.29, 1.82) is 0 Å². The van der Waals surface area contributed by atoms with Gasteiger partial charge in [0.05, 0.1) is 6.61 Å². The predicted octanol–water partition coefficient (Wildman–Crippen LogP) is 4.03. The molecule has 0 spiro atoms. The first-order chi connectivity index (χ1) is 7.22. The molecule has 1 rings (SSSR count). The summed E-state index contributed by atoms with van der Waals surface area (Å²) in [6, 6.07) is 8.15. The van der Waals surface area contributed by atoms with Crippen molar-refractivity contribution >= 4 is 11.6 Å². The molecule has 0 aliphatic rings. The lowest BCUT2D eigenvalue weighted by molar-refractivity contribution is 0.282. The van der Waals surface area contributed by atoms with E-state index in [-0.39, 0.29) is 0 Å². The van der Waals surface area contributed by atoms with E-state index in [1.54, 1.807) is 0 Å². The van der Waals surface area contributed by atoms with Gasteiger partial charge in [-0.25, -0.2) is 0 Å². The molecule has 0 bridgehead atoms. The van der Waals surface area contributed by atoms with Crippen LogP contribution in [0.25, 0.3) is 0 Å². The van der Waals surface area contributed by atoms with Crippen molar-refractivity contribution in [3.05, 3.63) is 29.8 Å². The molecule has 0 aromatic heterocycles. The number of ether oxygens (including phenoxy) is 1. The fraction of sp³-hybridized carbons (Fsp3) is 0.538. The van der Waals surface area contributed by atoms with Crippen LogP contribution in [0.15, 0.2) is 24.3 Å². The molecule has 0 aliphatic carbocycles. The summed E-state index contributed by atoms with van der Waals surface area (Å²) in [6.07, 6.45) is 2.14. The lowest BCUT2D eigenvalue weighted by Crippen LogP contribution is -2.04. The summed E-state index contributed by atoms with van der Waals surface area (Å²) in [5.41, 5.74) is 1.24. The third kappa shape index (κ3) is 5.08. The first-order valence-electron chi connectivity index (χ1n) is 5.48. The van der Waals surface area contributed by atoms with Crippen LogP contribution < -0.4 is 4.74 Å². The highest BCUT2D eigenvalue weighted by Gasteiger charge is 2.01. The third-order valence-corrected chi connectivity index (χ3v) is 2.69. The Labute approximate surface area is 97.4 Å². The van der Waals surface area contributed by atoms with E-state index in [4.69, 9.17) is 16.3 Å². The summed E-state index contributed by atoms with van der Waals surface area (Å²) >= 11 is 5.67. The van der Waals surface area contributed by atoms with Gasteiger partial charge in [0.15, 0.2) is 0 Å². The highest BCUT2D eigenvalue weighted by Crippen LogP contribution is 2.14. The largest absolute Gasteiger partial charge is 0.494 e. The van der Waals surface area contributed by atoms with Crippen LogP contribution in [0.2, 0.25) is 0 Å². The maximum atomic E-state index is 5.67. The van der Waals surface area contributed by atoms with Gasteiger partial charge in [-0.1, -0.05) is 19.1 Å². The molecule has 0 aliphatic heterocycles. The topological polar surface area (TPSA) is 9.23 Å². The molecular formula is C13H19ClO. The molecule has 0 saturated carbocycles. The summed E-state index contributed by atoms with van der Waals surface area (Å²) in [7, 11) is 0. The quantitative estimate of drug-likeness (QED) is 0.666. The molecule has 0 fully saturated rings. The van der Waals surface area contributed by atoms with Crippen molar-refractivity contribution in [2.24, 2.45) is 5.92 Å². The van der Waals surface area contributed by atoms with Crippen molar-refractivity contribution in [2.75, 3.05) is 12.5 Å². The van der Waals surface area contributed by atoms with Gasteiger partial charge in [0.2, 0.25) is 0 Å². The van der Waals surface area contributed by atoms with E-state index >= 15 is 0 Å². The molecule has 1 atom stereocenters. The van der Waals surface area contributed by atoms with Gasteiger partial charge < -0.3 is 4.74 Å². The van der Waals surface area contributed by atoms with Crippen LogP contribution in [-0.4, -0.2) is 12.5 Å². The normalized spacial score (nSPS) is 12.5. The van der Waals surface area contributed by atoms with Crippen LogP contribution in [0.5, 0.6) is 5.75 Å². The first-order valence-corrected chi connectivity index (χ1v) is 6.01. The smallest absolute Gasteiger partial charge is 0.119 e. The van der Waals surface area contributed by atoms with Crippen LogP contribution in [0, 0.1) is 12.8 Å². The number of hydrogen-bond donors (Lipinski definition) is 0. The molecule has 1 aromatic carbocycles. The summed E-state index contributed by atoms with van der Waals surface area (Å²) < 4.78 is 5.66. The molecule has 0 saturated heterocycles. The number of hydrogen-bond acceptors (Lipinski definition) is 1. The minimum Gasteiger partial charge on any atom is -0.494 e. The Morgan fingerprint density at radius 1 is 1.33 bits per heavy atom. The lowest BCUT2D eigenvalue weighted by atomic mass is 10.1. The van der Waals surface area contributed by atoms with Crippen LogP contribution in [-0.2, 0) is 0 Å². The van der Waals surface area contributed by atoms with Gasteiger partial charge in [0.1, 0.15) is 5.75 Å². The van der Waals surface area contributed by atoms with Gasteiger partial charge in [-0.05, 0) is 43.4 Å². The van der Waals surface area contributed by atoms with Gasteiger partial charge in [-0.3, -0.25) is 0 Å². The molecule has 0 N–H and O–H groups in total. The molecule has 84 valence electrons. The van der Waals surface area contributed by atoms with Crippen molar-refractivity contribution in [3.8, 4) is 5.75 Å². The van der Waals surface area contributed by atoms with E-state index in [2.05, 4.69) is 26.0 Å². The molecule has 1 unspecified atom stereocenters. The highest BCUT2D eigenvalue weighted by atomic mass is 35.5. The Kier molecular flexibility index (Phi) is 5.56. The third-order valence-electron chi connectivity index (χ3n) is 2.47. The van der Waals surface area contributed by atoms with Crippen molar-refractivity contribution in [2.45, 2.75) is 26.7 Å². The molecular weight excluding hydrogens is 208 g/mol. The number of alkyl halides is 1. The van der Waals surface area contributed by atoms with E-state index < -0.39 is 0 Å². The zero-order valence-electron chi connectivity index (χ0n) is 9.50. The highest BCUT2D eigenvalue weighted by molar-refractivity contribution is 6.17. The van der Waals surface area contributed by atoms with Crippen LogP contribution in [0.3, 0.4) is 0 Å². The Morgan fingerprint density at radius 2 is 2.13 bits per heavy atom. The van der Waals surface area contributed by atoms with Gasteiger partial charge in [-0.15, -0.1) is 11.6 Å². The van der Waals surface area contributed by atoms with Crippen LogP contribution in [0.4, 0.5) is 0 Å². The minimum absolute atomic E-state index is 0.646. The Balaban J connectivity index is 2.25. The van der Waals surface area contributed by atoms with E-state index in [1.807, 2.05) is 12.1 Å². The van der Waals surface area contributed by atoms with E-state index in [0.29, 0.717) is 5.92 Å². The van der Waals surface area contributed by atoms with E-state index in [1.165, 1.54) is 5.56 Å². The second-order valence-corrected chi connectivity index (χ2v) is 4.41. The zero-order valence-corrected chi connectivity index (χ0v) is 10.3. The molecule has 1 aromatic rings. The first kappa shape index (κ1) is 12.4. The fourth-order valence-corrected chi connectivity index (χ4v) is 1.79. The van der Waals surface area contributed by atoms with Gasteiger partial charge in [-0.2, -0.15) is 0 Å². The average molecular weight is 227 g/mol. The molecule has 15 heavy (non-hydrogen) atoms. The number of rotatable bonds is 6. The number of benzene rings is 1. The SMILES string of the molecule is Cc1cccc(OCCC(C)CCCl)c1. The van der Waals surface area contributed by atoms with Gasteiger partial charge in [0.25, 0.3) is 0 Å². The maximum absolute atomic E-state index is 5.67. The Hall–Kier alpha value is -0.690. The molecule has 0 radical (unpaired) electrons. The monoisotopic (exact) mass is 226 g/mol. The van der Waals surface area contributed by atoms with E-state index in [0.717, 1.165) is 31.1 Å². The second-order valence-electron chi connectivity index (χ2n) is 4.04. The lowest BCUT2D eigenvalue weighted by Gasteiger charge is -2.11. The van der Waals surface area contributed by atoms with Crippen LogP contribution in [0.1, 0.15) is 25.3 Å². The molecule has 1 nitrogen and oxygen atoms in total. The molecule has 0 heterocycles. The molecule has 2 heteroatoms. The zero-order chi connectivity index (χ0) is 11.1. The summed E-state index contributed by atoms with van der Waals surface area (Å²) in [6.45, 7) is 5.06. The Morgan fingerprint density at radius 3 is 2.80 bits per heavy atom. The Bertz CT molecular complexity index is 286. The van der Waals surface area contributed by atoms with Crippen molar-refractivity contribution in [3.63, 3.8) is 0 Å². The number of aryl methyl sites for hydroxylation is 1. The van der Waals surface area contributed by atoms with Crippen LogP contribution >= 0.6 is 11.6 Å². The summed E-state index contributed by atoms with van der Waals surface area (Å²) in [5.74, 6) is 2.35. The maximum Gasteiger partial charge on any atom is 0.119 e. The van der Waals surface area contributed by atoms with Gasteiger partial charge in [0, 0.05) is 5.88 Å². The summed E-state index contributed by atoms with van der Waals surface area (Å²) in [4.78, 5) is 0. The fourth-order valence-electron chi connectivity index (χ4n) is 1.41. The number of halogens is 1. The predicted molar refractivity (Wildman–Crippen MR) is 65.8 cm³/mol. The second kappa shape index (κ2) is 6.73. The van der Waals surface area contributed by atoms with Gasteiger partial charge >= 0.3 is 0 Å². The van der Waals surface area contributed by atoms with Crippen molar-refractivity contribution < 1.29 is 4.74 Å². The van der Waals surface area contributed by atoms with Crippen molar-refractivity contribution in [1.82, 2.24) is 0 Å². The average Bonchev–Trinajstić information content (AvgIpc) is 2.18. The minimum atomic E-state index is 0.646. The molecule has 0 amide bonds. The van der Waals surface area contributed by atoms with E-state index in [9.17, 15) is 0 Å². The standard InChI is InChI=1S/C13H19ClO/c1-11(6-8-14)7-9-15-13-5-3-4-12(2)10-13/h3-5,10-11H,6-9H2,1-2H3. The summed E-state index contributed by atoms with van der Waals surface area (Å²) in [5, 5.41) is 0.